The van der Waals surface area contributed by atoms with Gasteiger partial charge in [-0.15, -0.1) is 0 Å². The van der Waals surface area contributed by atoms with Gasteiger partial charge in [-0.05, 0) is 24.6 Å². The second kappa shape index (κ2) is 5.39. The molecule has 2 aromatic rings. The van der Waals surface area contributed by atoms with Gasteiger partial charge in [-0.1, -0.05) is 36.4 Å². The number of methoxy groups -OCH3 is 1. The fourth-order valence-corrected chi connectivity index (χ4v) is 1.79. The number of hydrogen-bond acceptors (Lipinski definition) is 2. The summed E-state index contributed by atoms with van der Waals surface area (Å²) in [5.41, 5.74) is 2.34. The molecule has 0 unspecified atom stereocenters. The summed E-state index contributed by atoms with van der Waals surface area (Å²) in [6.07, 6.45) is 0. The first-order chi connectivity index (χ1) is 8.29. The highest BCUT2D eigenvalue weighted by molar-refractivity contribution is 5.49. The molecule has 0 aromatic heterocycles. The van der Waals surface area contributed by atoms with Crippen LogP contribution in [0.5, 0.6) is 5.75 Å². The number of anilines is 1. The summed E-state index contributed by atoms with van der Waals surface area (Å²) in [5.74, 6) is 0.871. The van der Waals surface area contributed by atoms with Crippen LogP contribution in [-0.4, -0.2) is 7.11 Å². The third kappa shape index (κ3) is 3.00. The van der Waals surface area contributed by atoms with Crippen LogP contribution < -0.4 is 10.1 Å². The molecule has 2 heteroatoms. The van der Waals surface area contributed by atoms with Gasteiger partial charge in [-0.3, -0.25) is 0 Å². The van der Waals surface area contributed by atoms with E-state index in [0.717, 1.165) is 11.4 Å². The van der Waals surface area contributed by atoms with E-state index in [1.54, 1.807) is 7.11 Å². The van der Waals surface area contributed by atoms with Crippen molar-refractivity contribution in [1.29, 1.82) is 0 Å². The predicted octanol–water partition coefficient (Wildman–Crippen LogP) is 3.87. The van der Waals surface area contributed by atoms with Crippen molar-refractivity contribution in [2.24, 2.45) is 0 Å². The van der Waals surface area contributed by atoms with Crippen LogP contribution in [0, 0.1) is 0 Å². The zero-order valence-corrected chi connectivity index (χ0v) is 10.2. The number of hydrogen-bond donors (Lipinski definition) is 1. The lowest BCUT2D eigenvalue weighted by Gasteiger charge is -2.16. The Morgan fingerprint density at radius 2 is 1.76 bits per heavy atom. The van der Waals surface area contributed by atoms with Crippen molar-refractivity contribution in [3.8, 4) is 5.75 Å². The molecule has 0 spiro atoms. The molecule has 2 aromatic carbocycles. The van der Waals surface area contributed by atoms with E-state index < -0.39 is 0 Å². The van der Waals surface area contributed by atoms with Crippen molar-refractivity contribution in [3.63, 3.8) is 0 Å². The van der Waals surface area contributed by atoms with Gasteiger partial charge in [0, 0.05) is 17.8 Å². The number of benzene rings is 2. The maximum atomic E-state index is 5.20. The fraction of sp³-hybridized carbons (Fsp3) is 0.200. The van der Waals surface area contributed by atoms with Crippen molar-refractivity contribution in [1.82, 2.24) is 0 Å². The van der Waals surface area contributed by atoms with E-state index in [0.29, 0.717) is 0 Å². The highest BCUT2D eigenvalue weighted by Crippen LogP contribution is 2.22. The Balaban J connectivity index is 2.10. The molecule has 17 heavy (non-hydrogen) atoms. The standard InChI is InChI=1S/C15H17NO/c1-12(13-7-4-3-5-8-13)16-14-9-6-10-15(11-14)17-2/h3-12,16H,1-2H3/t12-/m0/s1. The molecule has 0 aliphatic rings. The topological polar surface area (TPSA) is 21.3 Å². The molecule has 0 saturated heterocycles. The fourth-order valence-electron chi connectivity index (χ4n) is 1.79. The maximum absolute atomic E-state index is 5.20. The molecular weight excluding hydrogens is 210 g/mol. The zero-order chi connectivity index (χ0) is 12.1. The van der Waals surface area contributed by atoms with Crippen LogP contribution in [-0.2, 0) is 0 Å². The Morgan fingerprint density at radius 3 is 2.47 bits per heavy atom. The van der Waals surface area contributed by atoms with Gasteiger partial charge in [-0.25, -0.2) is 0 Å². The highest BCUT2D eigenvalue weighted by Gasteiger charge is 2.04. The van der Waals surface area contributed by atoms with E-state index in [9.17, 15) is 0 Å². The quantitative estimate of drug-likeness (QED) is 0.856. The van der Waals surface area contributed by atoms with Gasteiger partial charge in [0.1, 0.15) is 5.75 Å². The van der Waals surface area contributed by atoms with Crippen molar-refractivity contribution in [2.75, 3.05) is 12.4 Å². The van der Waals surface area contributed by atoms with Crippen LogP contribution >= 0.6 is 0 Å². The Bertz CT molecular complexity index is 467. The minimum absolute atomic E-state index is 0.281. The van der Waals surface area contributed by atoms with Crippen molar-refractivity contribution in [2.45, 2.75) is 13.0 Å². The molecule has 0 bridgehead atoms. The summed E-state index contributed by atoms with van der Waals surface area (Å²) in [5, 5.41) is 3.45. The second-order valence-electron chi connectivity index (χ2n) is 4.01. The third-order valence-electron chi connectivity index (χ3n) is 2.75. The van der Waals surface area contributed by atoms with Crippen LogP contribution in [0.15, 0.2) is 54.6 Å². The smallest absolute Gasteiger partial charge is 0.120 e. The Labute approximate surface area is 102 Å². The Hall–Kier alpha value is -1.96. The van der Waals surface area contributed by atoms with Gasteiger partial charge >= 0.3 is 0 Å². The number of nitrogens with one attached hydrogen (secondary N) is 1. The molecule has 0 fully saturated rings. The third-order valence-corrected chi connectivity index (χ3v) is 2.75. The SMILES string of the molecule is COc1cccc(N[C@@H](C)c2ccccc2)c1. The molecular formula is C15H17NO. The summed E-state index contributed by atoms with van der Waals surface area (Å²) in [6, 6.07) is 18.6. The van der Waals surface area contributed by atoms with Gasteiger partial charge in [0.15, 0.2) is 0 Å². The van der Waals surface area contributed by atoms with Crippen LogP contribution in [0.2, 0.25) is 0 Å². The summed E-state index contributed by atoms with van der Waals surface area (Å²) in [7, 11) is 1.68. The lowest BCUT2D eigenvalue weighted by Crippen LogP contribution is -2.06. The van der Waals surface area contributed by atoms with Crippen molar-refractivity contribution in [3.05, 3.63) is 60.2 Å². The van der Waals surface area contributed by atoms with Crippen LogP contribution in [0.25, 0.3) is 0 Å². The number of rotatable bonds is 4. The van der Waals surface area contributed by atoms with Gasteiger partial charge in [0.05, 0.1) is 7.11 Å². The monoisotopic (exact) mass is 227 g/mol. The summed E-state index contributed by atoms with van der Waals surface area (Å²) >= 11 is 0. The van der Waals surface area contributed by atoms with Crippen molar-refractivity contribution < 1.29 is 4.74 Å². The van der Waals surface area contributed by atoms with Gasteiger partial charge in [0.25, 0.3) is 0 Å². The van der Waals surface area contributed by atoms with E-state index in [1.807, 2.05) is 30.3 Å². The molecule has 0 heterocycles. The molecule has 1 atom stereocenters. The molecule has 2 nitrogen and oxygen atoms in total. The van der Waals surface area contributed by atoms with E-state index in [4.69, 9.17) is 4.74 Å². The molecule has 0 saturated carbocycles. The molecule has 88 valence electrons. The Kier molecular flexibility index (Phi) is 3.66. The van der Waals surface area contributed by atoms with Crippen LogP contribution in [0.3, 0.4) is 0 Å². The predicted molar refractivity (Wildman–Crippen MR) is 71.5 cm³/mol. The summed E-state index contributed by atoms with van der Waals surface area (Å²) in [6.45, 7) is 2.15. The molecule has 0 aliphatic heterocycles. The first-order valence-electron chi connectivity index (χ1n) is 5.75. The lowest BCUT2D eigenvalue weighted by atomic mass is 10.1. The van der Waals surface area contributed by atoms with Gasteiger partial charge < -0.3 is 10.1 Å². The van der Waals surface area contributed by atoms with Crippen molar-refractivity contribution >= 4 is 5.69 Å². The minimum atomic E-state index is 0.281. The minimum Gasteiger partial charge on any atom is -0.497 e. The van der Waals surface area contributed by atoms with Gasteiger partial charge in [0.2, 0.25) is 0 Å². The zero-order valence-electron chi connectivity index (χ0n) is 10.2. The van der Waals surface area contributed by atoms with E-state index in [-0.39, 0.29) is 6.04 Å². The summed E-state index contributed by atoms with van der Waals surface area (Å²) < 4.78 is 5.20. The molecule has 2 rings (SSSR count). The second-order valence-corrected chi connectivity index (χ2v) is 4.01. The maximum Gasteiger partial charge on any atom is 0.120 e. The van der Waals surface area contributed by atoms with E-state index in [1.165, 1.54) is 5.56 Å². The lowest BCUT2D eigenvalue weighted by molar-refractivity contribution is 0.415. The Morgan fingerprint density at radius 1 is 1.00 bits per heavy atom. The molecule has 1 N–H and O–H groups in total. The van der Waals surface area contributed by atoms with Gasteiger partial charge in [-0.2, -0.15) is 0 Å². The highest BCUT2D eigenvalue weighted by atomic mass is 16.5. The molecule has 0 radical (unpaired) electrons. The molecule has 0 amide bonds. The van der Waals surface area contributed by atoms with Crippen LogP contribution in [0.1, 0.15) is 18.5 Å². The number of ether oxygens (including phenoxy) is 1. The van der Waals surface area contributed by atoms with E-state index >= 15 is 0 Å². The first kappa shape index (κ1) is 11.5. The normalized spacial score (nSPS) is 11.9. The molecule has 0 aliphatic carbocycles. The van der Waals surface area contributed by atoms with E-state index in [2.05, 4.69) is 36.5 Å². The first-order valence-corrected chi connectivity index (χ1v) is 5.75. The summed E-state index contributed by atoms with van der Waals surface area (Å²) in [4.78, 5) is 0. The average molecular weight is 227 g/mol. The van der Waals surface area contributed by atoms with Crippen LogP contribution in [0.4, 0.5) is 5.69 Å². The average Bonchev–Trinajstić information content (AvgIpc) is 2.40. The largest absolute Gasteiger partial charge is 0.497 e.